The summed E-state index contributed by atoms with van der Waals surface area (Å²) in [5.41, 5.74) is 0.849. The van der Waals surface area contributed by atoms with E-state index in [1.807, 2.05) is 20.8 Å². The van der Waals surface area contributed by atoms with Crippen LogP contribution >= 0.6 is 0 Å². The maximum absolute atomic E-state index is 12.5. The number of fused-ring (bicyclic) bond motifs is 1. The Hall–Kier alpha value is -1.95. The summed E-state index contributed by atoms with van der Waals surface area (Å²) >= 11 is 0. The van der Waals surface area contributed by atoms with Gasteiger partial charge in [0.05, 0.1) is 18.1 Å². The van der Waals surface area contributed by atoms with Gasteiger partial charge < -0.3 is 14.2 Å². The molecule has 6 heteroatoms. The maximum Gasteiger partial charge on any atom is 0.330 e. The first-order valence-electron chi connectivity index (χ1n) is 11.9. The van der Waals surface area contributed by atoms with Crippen LogP contribution in [0.2, 0.25) is 0 Å². The van der Waals surface area contributed by atoms with Gasteiger partial charge in [0, 0.05) is 24.8 Å². The smallest absolute Gasteiger partial charge is 0.330 e. The number of cyclic esters (lactones) is 1. The molecule has 0 radical (unpaired) electrons. The fraction of sp³-hybridized carbons (Fsp3) is 0.731. The van der Waals surface area contributed by atoms with Crippen LogP contribution in [0.5, 0.6) is 0 Å². The molecule has 2 aliphatic rings. The summed E-state index contributed by atoms with van der Waals surface area (Å²) < 4.78 is 17.8. The molecule has 0 saturated carbocycles. The minimum atomic E-state index is -0.493. The minimum Gasteiger partial charge on any atom is -0.461 e. The zero-order valence-corrected chi connectivity index (χ0v) is 20.5. The molecule has 0 aromatic heterocycles. The van der Waals surface area contributed by atoms with Gasteiger partial charge in [-0.1, -0.05) is 44.9 Å². The molecule has 0 unspecified atom stereocenters. The number of carbonyl (C=O) groups is 3. The maximum atomic E-state index is 12.5. The van der Waals surface area contributed by atoms with Crippen LogP contribution in [0.1, 0.15) is 86.5 Å². The summed E-state index contributed by atoms with van der Waals surface area (Å²) in [7, 11) is 0. The molecule has 2 rings (SSSR count). The van der Waals surface area contributed by atoms with Gasteiger partial charge in [0.15, 0.2) is 0 Å². The average Bonchev–Trinajstić information content (AvgIpc) is 2.98. The first-order valence-corrected chi connectivity index (χ1v) is 11.9. The van der Waals surface area contributed by atoms with Gasteiger partial charge in [-0.25, -0.2) is 4.79 Å². The van der Waals surface area contributed by atoms with E-state index in [2.05, 4.69) is 19.9 Å². The SMILES string of the molecule is CCC[C@]1(C)C[C@H]2OC(=O)/C=C/[C@@H](C)CC(=O)O[C@@H](CC(C)=O)[C@H](C)/C=C(\C)CC[C@@H]2O1. The molecule has 0 spiro atoms. The van der Waals surface area contributed by atoms with E-state index >= 15 is 0 Å². The van der Waals surface area contributed by atoms with E-state index in [0.717, 1.165) is 31.3 Å². The molecular formula is C26H40O6. The van der Waals surface area contributed by atoms with Crippen molar-refractivity contribution in [3.63, 3.8) is 0 Å². The van der Waals surface area contributed by atoms with Crippen molar-refractivity contribution in [2.75, 3.05) is 0 Å². The van der Waals surface area contributed by atoms with Crippen molar-refractivity contribution in [1.82, 2.24) is 0 Å². The molecule has 1 fully saturated rings. The second kappa shape index (κ2) is 11.8. The van der Waals surface area contributed by atoms with Crippen molar-refractivity contribution in [2.45, 2.75) is 110 Å². The van der Waals surface area contributed by atoms with Gasteiger partial charge >= 0.3 is 11.9 Å². The number of ether oxygens (including phenoxy) is 3. The van der Waals surface area contributed by atoms with Crippen LogP contribution in [0.25, 0.3) is 0 Å². The monoisotopic (exact) mass is 448 g/mol. The largest absolute Gasteiger partial charge is 0.461 e. The summed E-state index contributed by atoms with van der Waals surface area (Å²) in [6.45, 7) is 11.6. The van der Waals surface area contributed by atoms with Crippen LogP contribution < -0.4 is 0 Å². The highest BCUT2D eigenvalue weighted by atomic mass is 16.6. The van der Waals surface area contributed by atoms with Crippen LogP contribution in [0.15, 0.2) is 23.8 Å². The lowest BCUT2D eigenvalue weighted by atomic mass is 9.93. The predicted molar refractivity (Wildman–Crippen MR) is 123 cm³/mol. The van der Waals surface area contributed by atoms with Gasteiger partial charge in [-0.15, -0.1) is 0 Å². The Balaban J connectivity index is 2.26. The highest BCUT2D eigenvalue weighted by Crippen LogP contribution is 2.38. The summed E-state index contributed by atoms with van der Waals surface area (Å²) in [6.07, 6.45) is 8.68. The fourth-order valence-corrected chi connectivity index (χ4v) is 4.71. The van der Waals surface area contributed by atoms with Crippen LogP contribution in [-0.4, -0.2) is 41.6 Å². The number of carbonyl (C=O) groups excluding carboxylic acids is 3. The number of allylic oxidation sites excluding steroid dienone is 2. The zero-order valence-electron chi connectivity index (χ0n) is 20.5. The van der Waals surface area contributed by atoms with Crippen LogP contribution in [0.3, 0.4) is 0 Å². The Morgan fingerprint density at radius 3 is 2.56 bits per heavy atom. The molecule has 2 heterocycles. The van der Waals surface area contributed by atoms with Crippen LogP contribution in [0, 0.1) is 11.8 Å². The molecule has 0 amide bonds. The van der Waals surface area contributed by atoms with Gasteiger partial charge in [-0.2, -0.15) is 0 Å². The third-order valence-corrected chi connectivity index (χ3v) is 6.31. The van der Waals surface area contributed by atoms with Crippen LogP contribution in [-0.2, 0) is 28.6 Å². The zero-order chi connectivity index (χ0) is 23.9. The predicted octanol–water partition coefficient (Wildman–Crippen LogP) is 5.10. The van der Waals surface area contributed by atoms with E-state index in [1.54, 1.807) is 6.08 Å². The number of hydrogen-bond acceptors (Lipinski definition) is 6. The number of Topliss-reactive ketones (excluding diaryl/α,β-unsaturated/α-hetero) is 1. The number of rotatable bonds is 4. The first kappa shape index (κ1) is 26.3. The second-order valence-corrected chi connectivity index (χ2v) is 9.92. The van der Waals surface area contributed by atoms with Crippen molar-refractivity contribution in [3.05, 3.63) is 23.8 Å². The molecule has 2 aliphatic heterocycles. The van der Waals surface area contributed by atoms with E-state index in [9.17, 15) is 14.4 Å². The number of hydrogen-bond donors (Lipinski definition) is 0. The molecule has 6 atom stereocenters. The minimum absolute atomic E-state index is 0.0109. The molecule has 0 aromatic rings. The summed E-state index contributed by atoms with van der Waals surface area (Å²) in [5, 5.41) is 0. The Morgan fingerprint density at radius 1 is 1.19 bits per heavy atom. The average molecular weight is 449 g/mol. The Morgan fingerprint density at radius 2 is 1.91 bits per heavy atom. The van der Waals surface area contributed by atoms with Gasteiger partial charge in [-0.05, 0) is 46.0 Å². The van der Waals surface area contributed by atoms with Crippen molar-refractivity contribution in [1.29, 1.82) is 0 Å². The normalized spacial score (nSPS) is 37.6. The van der Waals surface area contributed by atoms with Crippen molar-refractivity contribution in [3.8, 4) is 0 Å². The van der Waals surface area contributed by atoms with Gasteiger partial charge in [0.2, 0.25) is 0 Å². The quantitative estimate of drug-likeness (QED) is 0.440. The molecule has 180 valence electrons. The summed E-state index contributed by atoms with van der Waals surface area (Å²) in [5.74, 6) is -1.05. The van der Waals surface area contributed by atoms with E-state index in [4.69, 9.17) is 14.2 Å². The van der Waals surface area contributed by atoms with E-state index in [1.165, 1.54) is 13.0 Å². The number of ketones is 1. The Kier molecular flexibility index (Phi) is 9.68. The molecular weight excluding hydrogens is 408 g/mol. The molecule has 0 aromatic carbocycles. The Bertz CT molecular complexity index is 739. The third kappa shape index (κ3) is 8.19. The van der Waals surface area contributed by atoms with Crippen LogP contribution in [0.4, 0.5) is 0 Å². The molecule has 0 bridgehead atoms. The lowest BCUT2D eigenvalue weighted by molar-refractivity contribution is -0.152. The molecule has 1 saturated heterocycles. The van der Waals surface area contributed by atoms with E-state index < -0.39 is 12.1 Å². The summed E-state index contributed by atoms with van der Waals surface area (Å²) in [6, 6.07) is 0. The fourth-order valence-electron chi connectivity index (χ4n) is 4.71. The van der Waals surface area contributed by atoms with Crippen molar-refractivity contribution in [2.24, 2.45) is 11.8 Å². The van der Waals surface area contributed by atoms with Gasteiger partial charge in [-0.3, -0.25) is 9.59 Å². The first-order chi connectivity index (χ1) is 15.0. The number of esters is 2. The highest BCUT2D eigenvalue weighted by Gasteiger charge is 2.44. The summed E-state index contributed by atoms with van der Waals surface area (Å²) in [4.78, 5) is 36.7. The van der Waals surface area contributed by atoms with E-state index in [0.29, 0.717) is 6.42 Å². The standard InChI is InChI=1S/C26H40O6/c1-7-12-26(6)16-23-21(32-26)10-8-17(2)13-19(4)22(15-20(5)27)30-25(29)14-18(3)9-11-24(28)31-23/h9,11,13,18-19,21-23H,7-8,10,12,14-16H2,1-6H3/b11-9+,17-13+/t18-,19-,21+,22+,23-,26-/m1/s1. The molecule has 6 nitrogen and oxygen atoms in total. The topological polar surface area (TPSA) is 78.9 Å². The molecule has 0 aliphatic carbocycles. The lowest BCUT2D eigenvalue weighted by Crippen LogP contribution is -2.28. The van der Waals surface area contributed by atoms with Crippen molar-refractivity contribution >= 4 is 17.7 Å². The molecule has 32 heavy (non-hydrogen) atoms. The third-order valence-electron chi connectivity index (χ3n) is 6.31. The highest BCUT2D eigenvalue weighted by molar-refractivity contribution is 5.82. The lowest BCUT2D eigenvalue weighted by Gasteiger charge is -2.24. The van der Waals surface area contributed by atoms with Crippen molar-refractivity contribution < 1.29 is 28.6 Å². The Labute approximate surface area is 192 Å². The van der Waals surface area contributed by atoms with E-state index in [-0.39, 0.29) is 54.2 Å². The van der Waals surface area contributed by atoms with Gasteiger partial charge in [0.25, 0.3) is 0 Å². The van der Waals surface area contributed by atoms with Gasteiger partial charge in [0.1, 0.15) is 18.0 Å². The molecule has 0 N–H and O–H groups in total. The second-order valence-electron chi connectivity index (χ2n) is 9.92.